The van der Waals surface area contributed by atoms with Gasteiger partial charge in [0, 0.05) is 26.2 Å². The summed E-state index contributed by atoms with van der Waals surface area (Å²) in [6.07, 6.45) is 1.11. The number of rotatable bonds is 7. The lowest BCUT2D eigenvalue weighted by Crippen LogP contribution is -2.49. The first-order valence-corrected chi connectivity index (χ1v) is 9.86. The normalized spacial score (nSPS) is 17.2. The van der Waals surface area contributed by atoms with Gasteiger partial charge in [-0.1, -0.05) is 18.2 Å². The summed E-state index contributed by atoms with van der Waals surface area (Å²) in [6, 6.07) is 7.84. The van der Waals surface area contributed by atoms with Crippen LogP contribution in [-0.4, -0.2) is 70.9 Å². The van der Waals surface area contributed by atoms with Crippen LogP contribution in [-0.2, 0) is 19.6 Å². The molecule has 1 fully saturated rings. The lowest BCUT2D eigenvalue weighted by molar-refractivity contribution is -0.121. The van der Waals surface area contributed by atoms with Crippen molar-refractivity contribution in [3.05, 3.63) is 30.3 Å². The standard InChI is InChI=1S/C16H25N3O4S/c1-14(16(20)17-8-9-18-10-12-23-13-11-18)19(24(2,21)22)15-6-4-3-5-7-15/h3-7,14H,8-13H2,1-2H3,(H,17,20)/t14-/m1/s1. The highest BCUT2D eigenvalue weighted by Crippen LogP contribution is 2.20. The molecule has 1 aromatic carbocycles. The van der Waals surface area contributed by atoms with Gasteiger partial charge in [-0.05, 0) is 19.1 Å². The second-order valence-electron chi connectivity index (χ2n) is 5.82. The number of ether oxygens (including phenoxy) is 1. The fraction of sp³-hybridized carbons (Fsp3) is 0.562. The van der Waals surface area contributed by atoms with Gasteiger partial charge in [0.2, 0.25) is 15.9 Å². The van der Waals surface area contributed by atoms with Crippen LogP contribution in [0.25, 0.3) is 0 Å². The zero-order chi connectivity index (χ0) is 17.6. The summed E-state index contributed by atoms with van der Waals surface area (Å²) in [5.41, 5.74) is 0.482. The van der Waals surface area contributed by atoms with Crippen LogP contribution in [0.15, 0.2) is 30.3 Å². The third-order valence-electron chi connectivity index (χ3n) is 3.93. The summed E-state index contributed by atoms with van der Waals surface area (Å²) in [7, 11) is -3.56. The fourth-order valence-electron chi connectivity index (χ4n) is 2.69. The average molecular weight is 355 g/mol. The van der Waals surface area contributed by atoms with E-state index in [-0.39, 0.29) is 5.91 Å². The Morgan fingerprint density at radius 2 is 1.92 bits per heavy atom. The molecule has 1 aliphatic heterocycles. The molecule has 1 atom stereocenters. The lowest BCUT2D eigenvalue weighted by atomic mass is 10.2. The maximum absolute atomic E-state index is 12.4. The molecule has 0 radical (unpaired) electrons. The van der Waals surface area contributed by atoms with E-state index in [4.69, 9.17) is 4.74 Å². The largest absolute Gasteiger partial charge is 0.379 e. The third-order valence-corrected chi connectivity index (χ3v) is 5.17. The molecule has 24 heavy (non-hydrogen) atoms. The van der Waals surface area contributed by atoms with Crippen molar-refractivity contribution in [1.82, 2.24) is 10.2 Å². The summed E-state index contributed by atoms with van der Waals surface area (Å²) < 4.78 is 30.7. The van der Waals surface area contributed by atoms with Crippen molar-refractivity contribution in [2.75, 3.05) is 50.0 Å². The predicted molar refractivity (Wildman–Crippen MR) is 93.5 cm³/mol. The Labute approximate surface area is 143 Å². The highest BCUT2D eigenvalue weighted by molar-refractivity contribution is 7.92. The topological polar surface area (TPSA) is 79.0 Å². The molecule has 1 aromatic rings. The second-order valence-corrected chi connectivity index (χ2v) is 7.67. The summed E-state index contributed by atoms with van der Waals surface area (Å²) in [4.78, 5) is 14.6. The van der Waals surface area contributed by atoms with Gasteiger partial charge in [0.25, 0.3) is 0 Å². The van der Waals surface area contributed by atoms with Crippen LogP contribution in [0.4, 0.5) is 5.69 Å². The van der Waals surface area contributed by atoms with Crippen LogP contribution in [0.1, 0.15) is 6.92 Å². The summed E-state index contributed by atoms with van der Waals surface area (Å²) >= 11 is 0. The van der Waals surface area contributed by atoms with Crippen molar-refractivity contribution in [2.24, 2.45) is 0 Å². The number of hydrogen-bond donors (Lipinski definition) is 1. The number of anilines is 1. The van der Waals surface area contributed by atoms with Crippen LogP contribution in [0, 0.1) is 0 Å². The van der Waals surface area contributed by atoms with E-state index in [2.05, 4.69) is 10.2 Å². The molecule has 0 aliphatic carbocycles. The van der Waals surface area contributed by atoms with Gasteiger partial charge >= 0.3 is 0 Å². The quantitative estimate of drug-likeness (QED) is 0.761. The van der Waals surface area contributed by atoms with Crippen molar-refractivity contribution in [3.8, 4) is 0 Å². The molecule has 8 heteroatoms. The van der Waals surface area contributed by atoms with E-state index in [0.29, 0.717) is 25.4 Å². The van der Waals surface area contributed by atoms with Gasteiger partial charge in [-0.25, -0.2) is 8.42 Å². The first-order chi connectivity index (χ1) is 11.4. The SMILES string of the molecule is C[C@H](C(=O)NCCN1CCOCC1)N(c1ccccc1)S(C)(=O)=O. The number of amides is 1. The van der Waals surface area contributed by atoms with Crippen molar-refractivity contribution in [3.63, 3.8) is 0 Å². The lowest BCUT2D eigenvalue weighted by Gasteiger charge is -2.29. The van der Waals surface area contributed by atoms with E-state index in [1.165, 1.54) is 0 Å². The molecule has 1 saturated heterocycles. The van der Waals surface area contributed by atoms with E-state index in [1.807, 2.05) is 0 Å². The average Bonchev–Trinajstić information content (AvgIpc) is 2.55. The zero-order valence-corrected chi connectivity index (χ0v) is 15.0. The molecule has 134 valence electrons. The minimum Gasteiger partial charge on any atom is -0.379 e. The predicted octanol–water partition coefficient (Wildman–Crippen LogP) is 0.290. The summed E-state index contributed by atoms with van der Waals surface area (Å²) in [5, 5.41) is 2.82. The zero-order valence-electron chi connectivity index (χ0n) is 14.1. The van der Waals surface area contributed by atoms with Crippen LogP contribution in [0.3, 0.4) is 0 Å². The van der Waals surface area contributed by atoms with Crippen molar-refractivity contribution < 1.29 is 17.9 Å². The molecular weight excluding hydrogens is 330 g/mol. The van der Waals surface area contributed by atoms with Gasteiger partial charge in [0.05, 0.1) is 25.2 Å². The first kappa shape index (κ1) is 18.7. The molecule has 0 unspecified atom stereocenters. The maximum atomic E-state index is 12.4. The Hall–Kier alpha value is -1.64. The number of nitrogens with zero attached hydrogens (tertiary/aromatic N) is 2. The Balaban J connectivity index is 1.96. The third kappa shape index (κ3) is 5.19. The Morgan fingerprint density at radius 3 is 2.50 bits per heavy atom. The number of para-hydroxylation sites is 1. The number of benzene rings is 1. The monoisotopic (exact) mass is 355 g/mol. The van der Waals surface area contributed by atoms with Crippen molar-refractivity contribution >= 4 is 21.6 Å². The minimum absolute atomic E-state index is 0.308. The van der Waals surface area contributed by atoms with E-state index in [9.17, 15) is 13.2 Å². The maximum Gasteiger partial charge on any atom is 0.243 e. The van der Waals surface area contributed by atoms with Gasteiger partial charge in [-0.3, -0.25) is 14.0 Å². The van der Waals surface area contributed by atoms with Gasteiger partial charge in [0.1, 0.15) is 6.04 Å². The molecule has 0 spiro atoms. The van der Waals surface area contributed by atoms with Gasteiger partial charge in [-0.2, -0.15) is 0 Å². The molecule has 1 aliphatic rings. The van der Waals surface area contributed by atoms with Crippen molar-refractivity contribution in [1.29, 1.82) is 0 Å². The molecule has 0 aromatic heterocycles. The fourth-order valence-corrected chi connectivity index (χ4v) is 3.87. The summed E-state index contributed by atoms with van der Waals surface area (Å²) in [5.74, 6) is -0.308. The number of morpholine rings is 1. The van der Waals surface area contributed by atoms with Crippen LogP contribution in [0.2, 0.25) is 0 Å². The molecule has 0 saturated carbocycles. The molecule has 1 amide bonds. The van der Waals surface area contributed by atoms with E-state index in [0.717, 1.165) is 30.2 Å². The van der Waals surface area contributed by atoms with Crippen LogP contribution >= 0.6 is 0 Å². The van der Waals surface area contributed by atoms with Crippen LogP contribution in [0.5, 0.6) is 0 Å². The number of nitrogens with one attached hydrogen (secondary N) is 1. The smallest absolute Gasteiger partial charge is 0.243 e. The van der Waals surface area contributed by atoms with E-state index < -0.39 is 16.1 Å². The summed E-state index contributed by atoms with van der Waals surface area (Å²) in [6.45, 7) is 5.93. The molecule has 7 nitrogen and oxygen atoms in total. The molecule has 0 bridgehead atoms. The van der Waals surface area contributed by atoms with Crippen molar-refractivity contribution in [2.45, 2.75) is 13.0 Å². The Kier molecular flexibility index (Phi) is 6.59. The molecular formula is C16H25N3O4S. The van der Waals surface area contributed by atoms with Gasteiger partial charge < -0.3 is 10.1 Å². The Bertz CT molecular complexity index is 630. The molecule has 1 N–H and O–H groups in total. The number of carbonyl (C=O) groups is 1. The molecule has 1 heterocycles. The molecule has 2 rings (SSSR count). The highest BCUT2D eigenvalue weighted by atomic mass is 32.2. The van der Waals surface area contributed by atoms with Gasteiger partial charge in [-0.15, -0.1) is 0 Å². The number of sulfonamides is 1. The van der Waals surface area contributed by atoms with E-state index >= 15 is 0 Å². The Morgan fingerprint density at radius 1 is 1.29 bits per heavy atom. The van der Waals surface area contributed by atoms with E-state index in [1.54, 1.807) is 37.3 Å². The van der Waals surface area contributed by atoms with Gasteiger partial charge in [0.15, 0.2) is 0 Å². The minimum atomic E-state index is -3.56. The number of carbonyl (C=O) groups excluding carboxylic acids is 1. The number of hydrogen-bond acceptors (Lipinski definition) is 5. The first-order valence-electron chi connectivity index (χ1n) is 8.02. The second kappa shape index (κ2) is 8.46. The highest BCUT2D eigenvalue weighted by Gasteiger charge is 2.28. The van der Waals surface area contributed by atoms with Crippen LogP contribution < -0.4 is 9.62 Å².